The molecule has 0 aliphatic carbocycles. The van der Waals surface area contributed by atoms with Gasteiger partial charge in [-0.05, 0) is 5.56 Å². The minimum atomic E-state index is -0.573. The number of amides is 1. The quantitative estimate of drug-likeness (QED) is 0.641. The van der Waals surface area contributed by atoms with Crippen LogP contribution in [0.2, 0.25) is 0 Å². The molecule has 4 nitrogen and oxygen atoms in total. The van der Waals surface area contributed by atoms with Crippen LogP contribution in [-0.2, 0) is 4.79 Å². The fourth-order valence-electron chi connectivity index (χ4n) is 1.20. The second-order valence-electron chi connectivity index (χ2n) is 3.23. The van der Waals surface area contributed by atoms with E-state index >= 15 is 0 Å². The van der Waals surface area contributed by atoms with Gasteiger partial charge in [0, 0.05) is 13.6 Å². The van der Waals surface area contributed by atoms with Crippen molar-refractivity contribution in [3.05, 3.63) is 35.9 Å². The van der Waals surface area contributed by atoms with Gasteiger partial charge >= 0.3 is 0 Å². The summed E-state index contributed by atoms with van der Waals surface area (Å²) in [4.78, 5) is 10.9. The molecule has 0 saturated carbocycles. The Bertz CT molecular complexity index is 301. The van der Waals surface area contributed by atoms with E-state index in [0.717, 1.165) is 5.56 Å². The number of carbonyl (C=O) groups is 1. The van der Waals surface area contributed by atoms with E-state index in [-0.39, 0.29) is 12.5 Å². The van der Waals surface area contributed by atoms with Crippen LogP contribution in [0.4, 0.5) is 0 Å². The molecule has 1 aromatic carbocycles. The van der Waals surface area contributed by atoms with Crippen molar-refractivity contribution in [2.75, 3.05) is 20.1 Å². The van der Waals surface area contributed by atoms with Gasteiger partial charge in [0.2, 0.25) is 5.91 Å². The average molecular weight is 208 g/mol. The van der Waals surface area contributed by atoms with Crippen molar-refractivity contribution in [1.82, 2.24) is 10.6 Å². The van der Waals surface area contributed by atoms with Crippen molar-refractivity contribution in [2.24, 2.45) is 0 Å². The summed E-state index contributed by atoms with van der Waals surface area (Å²) in [5, 5.41) is 15.1. The van der Waals surface area contributed by atoms with Crippen molar-refractivity contribution in [2.45, 2.75) is 6.10 Å². The van der Waals surface area contributed by atoms with E-state index in [1.54, 1.807) is 7.05 Å². The second-order valence-corrected chi connectivity index (χ2v) is 3.23. The first-order valence-corrected chi connectivity index (χ1v) is 4.88. The van der Waals surface area contributed by atoms with Crippen LogP contribution in [0.25, 0.3) is 0 Å². The molecule has 0 radical (unpaired) electrons. The molecule has 1 aromatic rings. The normalized spacial score (nSPS) is 12.1. The molecule has 1 amide bonds. The van der Waals surface area contributed by atoms with Gasteiger partial charge in [0.05, 0.1) is 12.6 Å². The van der Waals surface area contributed by atoms with Crippen LogP contribution in [0.5, 0.6) is 0 Å². The van der Waals surface area contributed by atoms with Gasteiger partial charge in [0.25, 0.3) is 0 Å². The SMILES string of the molecule is CNC(=O)CNCC(O)c1ccccc1. The Morgan fingerprint density at radius 1 is 1.40 bits per heavy atom. The van der Waals surface area contributed by atoms with E-state index in [0.29, 0.717) is 6.54 Å². The zero-order chi connectivity index (χ0) is 11.1. The monoisotopic (exact) mass is 208 g/mol. The molecule has 82 valence electrons. The van der Waals surface area contributed by atoms with E-state index in [1.165, 1.54) is 0 Å². The van der Waals surface area contributed by atoms with E-state index in [1.807, 2.05) is 30.3 Å². The molecule has 0 aliphatic rings. The Balaban J connectivity index is 2.31. The number of likely N-dealkylation sites (N-methyl/N-ethyl adjacent to an activating group) is 1. The van der Waals surface area contributed by atoms with Gasteiger partial charge < -0.3 is 15.7 Å². The van der Waals surface area contributed by atoms with Gasteiger partial charge in [0.15, 0.2) is 0 Å². The van der Waals surface area contributed by atoms with E-state index in [9.17, 15) is 9.90 Å². The molecule has 0 fully saturated rings. The van der Waals surface area contributed by atoms with Gasteiger partial charge in [-0.3, -0.25) is 4.79 Å². The summed E-state index contributed by atoms with van der Waals surface area (Å²) in [6.45, 7) is 0.595. The average Bonchev–Trinajstić information content (AvgIpc) is 2.29. The molecule has 0 heterocycles. The molecule has 1 atom stereocenters. The Morgan fingerprint density at radius 3 is 2.67 bits per heavy atom. The Kier molecular flexibility index (Phi) is 4.80. The molecule has 4 heteroatoms. The number of nitrogens with one attached hydrogen (secondary N) is 2. The predicted octanol–water partition coefficient (Wildman–Crippen LogP) is 0.0556. The van der Waals surface area contributed by atoms with Crippen molar-refractivity contribution in [3.8, 4) is 0 Å². The van der Waals surface area contributed by atoms with Gasteiger partial charge in [-0.2, -0.15) is 0 Å². The zero-order valence-corrected chi connectivity index (χ0v) is 8.73. The van der Waals surface area contributed by atoms with Gasteiger partial charge in [-0.15, -0.1) is 0 Å². The van der Waals surface area contributed by atoms with Crippen LogP contribution in [0, 0.1) is 0 Å². The molecule has 0 bridgehead atoms. The Hall–Kier alpha value is -1.39. The lowest BCUT2D eigenvalue weighted by Gasteiger charge is -2.11. The highest BCUT2D eigenvalue weighted by Gasteiger charge is 2.06. The van der Waals surface area contributed by atoms with E-state index in [4.69, 9.17) is 0 Å². The van der Waals surface area contributed by atoms with Crippen molar-refractivity contribution < 1.29 is 9.90 Å². The van der Waals surface area contributed by atoms with Crippen molar-refractivity contribution in [3.63, 3.8) is 0 Å². The third-order valence-electron chi connectivity index (χ3n) is 2.09. The number of aliphatic hydroxyl groups excluding tert-OH is 1. The second kappa shape index (κ2) is 6.16. The summed E-state index contributed by atoms with van der Waals surface area (Å²) in [5.41, 5.74) is 0.849. The number of rotatable bonds is 5. The highest BCUT2D eigenvalue weighted by atomic mass is 16.3. The summed E-state index contributed by atoms with van der Waals surface area (Å²) in [6, 6.07) is 9.35. The molecular formula is C11H16N2O2. The minimum absolute atomic E-state index is 0.0877. The lowest BCUT2D eigenvalue weighted by Crippen LogP contribution is -2.33. The Labute approximate surface area is 89.3 Å². The molecule has 15 heavy (non-hydrogen) atoms. The summed E-state index contributed by atoms with van der Waals surface area (Å²) < 4.78 is 0. The zero-order valence-electron chi connectivity index (χ0n) is 8.73. The largest absolute Gasteiger partial charge is 0.387 e. The summed E-state index contributed by atoms with van der Waals surface area (Å²) in [6.07, 6.45) is -0.573. The molecule has 0 spiro atoms. The van der Waals surface area contributed by atoms with Crippen LogP contribution >= 0.6 is 0 Å². The third-order valence-corrected chi connectivity index (χ3v) is 2.09. The third kappa shape index (κ3) is 4.10. The van der Waals surface area contributed by atoms with Crippen LogP contribution in [0.15, 0.2) is 30.3 Å². The number of aliphatic hydroxyl groups is 1. The molecule has 1 rings (SSSR count). The number of carbonyl (C=O) groups excluding carboxylic acids is 1. The van der Waals surface area contributed by atoms with Crippen molar-refractivity contribution in [1.29, 1.82) is 0 Å². The summed E-state index contributed by atoms with van der Waals surface area (Å²) >= 11 is 0. The maximum Gasteiger partial charge on any atom is 0.233 e. The maximum absolute atomic E-state index is 10.9. The van der Waals surface area contributed by atoms with Crippen LogP contribution in [0.1, 0.15) is 11.7 Å². The van der Waals surface area contributed by atoms with Gasteiger partial charge in [0.1, 0.15) is 0 Å². The van der Waals surface area contributed by atoms with E-state index < -0.39 is 6.10 Å². The highest BCUT2D eigenvalue weighted by Crippen LogP contribution is 2.09. The summed E-state index contributed by atoms with van der Waals surface area (Å²) in [7, 11) is 1.58. The van der Waals surface area contributed by atoms with Crippen molar-refractivity contribution >= 4 is 5.91 Å². The van der Waals surface area contributed by atoms with Crippen LogP contribution < -0.4 is 10.6 Å². The molecule has 1 unspecified atom stereocenters. The first-order chi connectivity index (χ1) is 7.24. The van der Waals surface area contributed by atoms with E-state index in [2.05, 4.69) is 10.6 Å². The van der Waals surface area contributed by atoms with Crippen LogP contribution in [0.3, 0.4) is 0 Å². The molecule has 3 N–H and O–H groups in total. The molecular weight excluding hydrogens is 192 g/mol. The Morgan fingerprint density at radius 2 is 2.07 bits per heavy atom. The fraction of sp³-hybridized carbons (Fsp3) is 0.364. The number of benzene rings is 1. The fourth-order valence-corrected chi connectivity index (χ4v) is 1.20. The first-order valence-electron chi connectivity index (χ1n) is 4.88. The molecule has 0 aromatic heterocycles. The predicted molar refractivity (Wildman–Crippen MR) is 58.3 cm³/mol. The number of hydrogen-bond donors (Lipinski definition) is 3. The molecule has 0 saturated heterocycles. The maximum atomic E-state index is 10.9. The standard InChI is InChI=1S/C11H16N2O2/c1-12-11(15)8-13-7-10(14)9-5-3-2-4-6-9/h2-6,10,13-14H,7-8H2,1H3,(H,12,15). The van der Waals surface area contributed by atoms with Crippen LogP contribution in [-0.4, -0.2) is 31.2 Å². The smallest absolute Gasteiger partial charge is 0.233 e. The number of hydrogen-bond acceptors (Lipinski definition) is 3. The molecule has 0 aliphatic heterocycles. The highest BCUT2D eigenvalue weighted by molar-refractivity contribution is 5.77. The minimum Gasteiger partial charge on any atom is -0.387 e. The lowest BCUT2D eigenvalue weighted by molar-refractivity contribution is -0.119. The first kappa shape index (κ1) is 11.7. The topological polar surface area (TPSA) is 61.4 Å². The summed E-state index contributed by atoms with van der Waals surface area (Å²) in [5.74, 6) is -0.0877. The lowest BCUT2D eigenvalue weighted by atomic mass is 10.1. The van der Waals surface area contributed by atoms with Gasteiger partial charge in [-0.1, -0.05) is 30.3 Å². The van der Waals surface area contributed by atoms with Gasteiger partial charge in [-0.25, -0.2) is 0 Å².